The number of benzene rings is 1. The number of nitro groups is 1. The van der Waals surface area contributed by atoms with Crippen LogP contribution < -0.4 is 4.90 Å². The van der Waals surface area contributed by atoms with Crippen LogP contribution in [0.25, 0.3) is 0 Å². The summed E-state index contributed by atoms with van der Waals surface area (Å²) < 4.78 is 0. The molecule has 0 saturated carbocycles. The van der Waals surface area contributed by atoms with Crippen molar-refractivity contribution >= 4 is 23.6 Å². The second kappa shape index (κ2) is 5.35. The molecule has 7 heteroatoms. The van der Waals surface area contributed by atoms with Crippen LogP contribution in [0.3, 0.4) is 0 Å². The predicted molar refractivity (Wildman–Crippen MR) is 73.9 cm³/mol. The third-order valence-corrected chi connectivity index (χ3v) is 2.73. The Morgan fingerprint density at radius 3 is 2.85 bits per heavy atom. The Kier molecular flexibility index (Phi) is 3.60. The summed E-state index contributed by atoms with van der Waals surface area (Å²) in [7, 11) is 0. The lowest BCUT2D eigenvalue weighted by Crippen LogP contribution is -2.14. The molecule has 102 valence electrons. The molecule has 1 N–H and O–H groups in total. The van der Waals surface area contributed by atoms with Gasteiger partial charge in [0, 0.05) is 36.1 Å². The van der Waals surface area contributed by atoms with E-state index in [1.165, 1.54) is 18.2 Å². The molecule has 1 aliphatic heterocycles. The summed E-state index contributed by atoms with van der Waals surface area (Å²) in [6.07, 6.45) is 6.60. The van der Waals surface area contributed by atoms with E-state index in [2.05, 4.69) is 4.99 Å². The molecule has 0 aliphatic carbocycles. The van der Waals surface area contributed by atoms with Crippen LogP contribution in [-0.4, -0.2) is 22.2 Å². The van der Waals surface area contributed by atoms with E-state index >= 15 is 0 Å². The first-order valence-electron chi connectivity index (χ1n) is 5.68. The van der Waals surface area contributed by atoms with Crippen molar-refractivity contribution in [1.29, 1.82) is 0 Å². The van der Waals surface area contributed by atoms with Gasteiger partial charge in [-0.1, -0.05) is 0 Å². The molecule has 0 radical (unpaired) electrons. The normalized spacial score (nSPS) is 13.8. The van der Waals surface area contributed by atoms with Gasteiger partial charge in [0.05, 0.1) is 4.92 Å². The van der Waals surface area contributed by atoms with Gasteiger partial charge in [0.2, 0.25) is 0 Å². The first kappa shape index (κ1) is 13.5. The molecule has 2 rings (SSSR count). The van der Waals surface area contributed by atoms with Gasteiger partial charge in [0.25, 0.3) is 5.69 Å². The van der Waals surface area contributed by atoms with Crippen LogP contribution in [0.2, 0.25) is 0 Å². The van der Waals surface area contributed by atoms with Crippen molar-refractivity contribution in [3.8, 4) is 0 Å². The van der Waals surface area contributed by atoms with Crippen molar-refractivity contribution < 1.29 is 14.8 Å². The molecule has 1 aliphatic rings. The van der Waals surface area contributed by atoms with Gasteiger partial charge < -0.3 is 10.0 Å². The lowest BCUT2D eigenvalue weighted by Gasteiger charge is -2.20. The fourth-order valence-electron chi connectivity index (χ4n) is 1.80. The minimum Gasteiger partial charge on any atom is -0.477 e. The number of hydrogen-bond donors (Lipinski definition) is 1. The van der Waals surface area contributed by atoms with Crippen LogP contribution >= 0.6 is 0 Å². The number of aromatic carboxylic acids is 1. The molecule has 0 unspecified atom stereocenters. The number of nitro benzene ring substituents is 1. The third kappa shape index (κ3) is 2.56. The van der Waals surface area contributed by atoms with Gasteiger partial charge in [-0.05, 0) is 25.1 Å². The Hall–Kier alpha value is -2.96. The average molecular weight is 273 g/mol. The minimum absolute atomic E-state index is 0.348. The second-order valence-electron chi connectivity index (χ2n) is 4.04. The molecule has 7 nitrogen and oxygen atoms in total. The SMILES string of the molecule is CC1=CN=CC=CN1c1ccc([N+](=O)[O-])c(C(=O)O)c1. The molecule has 1 aromatic carbocycles. The molecule has 1 aromatic rings. The molecule has 0 amide bonds. The van der Waals surface area contributed by atoms with Crippen LogP contribution in [0.1, 0.15) is 17.3 Å². The minimum atomic E-state index is -1.34. The van der Waals surface area contributed by atoms with Gasteiger partial charge >= 0.3 is 5.97 Å². The fourth-order valence-corrected chi connectivity index (χ4v) is 1.80. The molecule has 0 bridgehead atoms. The summed E-state index contributed by atoms with van der Waals surface area (Å²) in [5.41, 5.74) is 0.500. The Labute approximate surface area is 114 Å². The largest absolute Gasteiger partial charge is 0.477 e. The molecular weight excluding hydrogens is 262 g/mol. The first-order valence-corrected chi connectivity index (χ1v) is 5.68. The van der Waals surface area contributed by atoms with Crippen molar-refractivity contribution in [3.05, 3.63) is 58.0 Å². The third-order valence-electron chi connectivity index (χ3n) is 2.73. The lowest BCUT2D eigenvalue weighted by molar-refractivity contribution is -0.385. The van der Waals surface area contributed by atoms with Crippen molar-refractivity contribution in [1.82, 2.24) is 0 Å². The number of carboxylic acids is 1. The number of carbonyl (C=O) groups is 1. The summed E-state index contributed by atoms with van der Waals surface area (Å²) >= 11 is 0. The number of hydrogen-bond acceptors (Lipinski definition) is 5. The fraction of sp³-hybridized carbons (Fsp3) is 0.0769. The smallest absolute Gasteiger partial charge is 0.342 e. The van der Waals surface area contributed by atoms with Crippen LogP contribution in [0, 0.1) is 10.1 Å². The second-order valence-corrected chi connectivity index (χ2v) is 4.04. The maximum atomic E-state index is 11.1. The summed E-state index contributed by atoms with van der Waals surface area (Å²) in [6.45, 7) is 1.80. The predicted octanol–water partition coefficient (Wildman–Crippen LogP) is 2.56. The van der Waals surface area contributed by atoms with Crippen LogP contribution in [0.5, 0.6) is 0 Å². The van der Waals surface area contributed by atoms with Crippen LogP contribution in [-0.2, 0) is 0 Å². The highest BCUT2D eigenvalue weighted by Gasteiger charge is 2.21. The summed E-state index contributed by atoms with van der Waals surface area (Å²) in [5.74, 6) is -1.34. The molecule has 0 fully saturated rings. The quantitative estimate of drug-likeness (QED) is 0.674. The number of rotatable bonds is 3. The van der Waals surface area contributed by atoms with E-state index in [1.54, 1.807) is 36.5 Å². The van der Waals surface area contributed by atoms with E-state index in [9.17, 15) is 14.9 Å². The molecular formula is C13H11N3O4. The zero-order valence-corrected chi connectivity index (χ0v) is 10.6. The van der Waals surface area contributed by atoms with Gasteiger partial charge in [-0.3, -0.25) is 15.1 Å². The molecule has 0 spiro atoms. The molecule has 0 atom stereocenters. The Morgan fingerprint density at radius 2 is 2.20 bits per heavy atom. The number of allylic oxidation sites excluding steroid dienone is 2. The van der Waals surface area contributed by atoms with Crippen molar-refractivity contribution in [2.75, 3.05) is 4.90 Å². The lowest BCUT2D eigenvalue weighted by atomic mass is 10.1. The van der Waals surface area contributed by atoms with Crippen LogP contribution in [0.4, 0.5) is 11.4 Å². The highest BCUT2D eigenvalue weighted by molar-refractivity contribution is 5.94. The van der Waals surface area contributed by atoms with Gasteiger partial charge in [0.15, 0.2) is 0 Å². The zero-order chi connectivity index (χ0) is 14.7. The highest BCUT2D eigenvalue weighted by atomic mass is 16.6. The van der Waals surface area contributed by atoms with E-state index in [0.717, 1.165) is 5.70 Å². The molecule has 0 saturated heterocycles. The van der Waals surface area contributed by atoms with E-state index in [0.29, 0.717) is 5.69 Å². The zero-order valence-electron chi connectivity index (χ0n) is 10.6. The van der Waals surface area contributed by atoms with Crippen molar-refractivity contribution in [3.63, 3.8) is 0 Å². The standard InChI is InChI=1S/C13H11N3O4/c1-9-8-14-5-2-6-15(9)10-3-4-12(16(19)20)11(7-10)13(17)18/h2-8H,1H3,(H,17,18). The number of aliphatic imine (C=N–C) groups is 1. The van der Waals surface area contributed by atoms with Gasteiger partial charge in [-0.15, -0.1) is 0 Å². The van der Waals surface area contributed by atoms with Crippen LogP contribution in [0.15, 0.2) is 47.4 Å². The topological polar surface area (TPSA) is 96.0 Å². The van der Waals surface area contributed by atoms with Crippen molar-refractivity contribution in [2.24, 2.45) is 4.99 Å². The van der Waals surface area contributed by atoms with Gasteiger partial charge in [0.1, 0.15) is 5.56 Å². The maximum Gasteiger partial charge on any atom is 0.342 e. The van der Waals surface area contributed by atoms with Gasteiger partial charge in [-0.2, -0.15) is 0 Å². The Balaban J connectivity index is 2.51. The van der Waals surface area contributed by atoms with Gasteiger partial charge in [-0.25, -0.2) is 4.79 Å². The van der Waals surface area contributed by atoms with E-state index in [-0.39, 0.29) is 5.56 Å². The molecule has 0 aromatic heterocycles. The first-order chi connectivity index (χ1) is 9.50. The molecule has 20 heavy (non-hydrogen) atoms. The highest BCUT2D eigenvalue weighted by Crippen LogP contribution is 2.27. The van der Waals surface area contributed by atoms with E-state index in [1.807, 2.05) is 0 Å². The summed E-state index contributed by atoms with van der Waals surface area (Å²) in [6, 6.07) is 3.96. The maximum absolute atomic E-state index is 11.1. The Bertz CT molecular complexity index is 662. The summed E-state index contributed by atoms with van der Waals surface area (Å²) in [5, 5.41) is 19.9. The van der Waals surface area contributed by atoms with E-state index < -0.39 is 16.6 Å². The van der Waals surface area contributed by atoms with E-state index in [4.69, 9.17) is 5.11 Å². The monoisotopic (exact) mass is 273 g/mol. The molecule has 1 heterocycles. The average Bonchev–Trinajstić information content (AvgIpc) is 2.62. The number of anilines is 1. The number of carboxylic acid groups (broad SMARTS) is 1. The van der Waals surface area contributed by atoms with Crippen molar-refractivity contribution in [2.45, 2.75) is 6.92 Å². The Morgan fingerprint density at radius 1 is 1.45 bits per heavy atom. The number of nitrogens with zero attached hydrogens (tertiary/aromatic N) is 3. The summed E-state index contributed by atoms with van der Waals surface area (Å²) in [4.78, 5) is 26.9.